The number of ether oxygens (including phenoxy) is 1. The van der Waals surface area contributed by atoms with Crippen molar-refractivity contribution in [3.05, 3.63) is 70.5 Å². The third-order valence-corrected chi connectivity index (χ3v) is 5.61. The Hall–Kier alpha value is -1.46. The second-order valence-corrected chi connectivity index (χ2v) is 8.16. The van der Waals surface area contributed by atoms with Crippen LogP contribution in [0.1, 0.15) is 30.4 Å². The van der Waals surface area contributed by atoms with E-state index in [1.54, 1.807) is 12.1 Å². The summed E-state index contributed by atoms with van der Waals surface area (Å²) in [5, 5.41) is 12.2. The molecule has 0 spiro atoms. The summed E-state index contributed by atoms with van der Waals surface area (Å²) in [6, 6.07) is 13.9. The summed E-state index contributed by atoms with van der Waals surface area (Å²) in [4.78, 5) is 2.10. The van der Waals surface area contributed by atoms with E-state index in [2.05, 4.69) is 4.90 Å². The third kappa shape index (κ3) is 5.08. The number of nitrogens with zero attached hydrogens (tertiary/aromatic N) is 1. The van der Waals surface area contributed by atoms with Gasteiger partial charge in [-0.15, -0.1) is 0 Å². The van der Waals surface area contributed by atoms with Crippen molar-refractivity contribution in [3.63, 3.8) is 0 Å². The Morgan fingerprint density at radius 1 is 1.22 bits per heavy atom. The zero-order valence-electron chi connectivity index (χ0n) is 15.9. The molecule has 3 unspecified atom stereocenters. The predicted octanol–water partition coefficient (Wildman–Crippen LogP) is 4.61. The van der Waals surface area contributed by atoms with Crippen molar-refractivity contribution in [2.45, 2.75) is 37.6 Å². The van der Waals surface area contributed by atoms with E-state index in [0.29, 0.717) is 18.1 Å². The van der Waals surface area contributed by atoms with Crippen LogP contribution in [0.15, 0.2) is 48.5 Å². The molecule has 0 heterocycles. The van der Waals surface area contributed by atoms with Gasteiger partial charge in [0, 0.05) is 17.5 Å². The Kier molecular flexibility index (Phi) is 6.53. The quantitative estimate of drug-likeness (QED) is 0.780. The Bertz CT molecular complexity index is 752. The summed E-state index contributed by atoms with van der Waals surface area (Å²) in [5.74, 6) is -0.202. The van der Waals surface area contributed by atoms with Crippen molar-refractivity contribution >= 4 is 11.6 Å². The number of aliphatic hydroxyl groups is 1. The van der Waals surface area contributed by atoms with Gasteiger partial charge < -0.3 is 14.7 Å². The molecule has 1 aliphatic carbocycles. The van der Waals surface area contributed by atoms with Crippen LogP contribution in [-0.4, -0.2) is 36.8 Å². The minimum absolute atomic E-state index is 0.0398. The maximum absolute atomic E-state index is 13.0. The maximum atomic E-state index is 13.0. The van der Waals surface area contributed by atoms with Gasteiger partial charge in [-0.1, -0.05) is 35.9 Å². The molecule has 3 rings (SSSR count). The molecule has 2 aromatic carbocycles. The lowest BCUT2D eigenvalue weighted by atomic mass is 9.70. The lowest BCUT2D eigenvalue weighted by molar-refractivity contribution is -0.110. The summed E-state index contributed by atoms with van der Waals surface area (Å²) in [7, 11) is 4.03. The zero-order chi connectivity index (χ0) is 19.4. The average molecular weight is 392 g/mol. The molecule has 2 aromatic rings. The van der Waals surface area contributed by atoms with E-state index in [0.717, 1.165) is 30.5 Å². The predicted molar refractivity (Wildman–Crippen MR) is 106 cm³/mol. The average Bonchev–Trinajstić information content (AvgIpc) is 2.63. The Balaban J connectivity index is 1.71. The van der Waals surface area contributed by atoms with Gasteiger partial charge in [0.1, 0.15) is 5.82 Å². The maximum Gasteiger partial charge on any atom is 0.123 e. The fourth-order valence-corrected chi connectivity index (χ4v) is 4.16. The molecule has 0 saturated heterocycles. The van der Waals surface area contributed by atoms with Crippen LogP contribution in [0.5, 0.6) is 0 Å². The number of halogens is 2. The molecule has 5 heteroatoms. The van der Waals surface area contributed by atoms with Crippen LogP contribution in [0, 0.1) is 11.7 Å². The minimum atomic E-state index is -0.912. The third-order valence-electron chi connectivity index (χ3n) is 5.38. The smallest absolute Gasteiger partial charge is 0.123 e. The Labute approximate surface area is 165 Å². The molecular formula is C22H27ClFNO2. The van der Waals surface area contributed by atoms with Crippen molar-refractivity contribution in [2.75, 3.05) is 20.6 Å². The zero-order valence-corrected chi connectivity index (χ0v) is 16.6. The summed E-state index contributed by atoms with van der Waals surface area (Å²) in [5.41, 5.74) is 0.917. The fraction of sp³-hybridized carbons (Fsp3) is 0.455. The molecular weight excluding hydrogens is 365 g/mol. The monoisotopic (exact) mass is 391 g/mol. The van der Waals surface area contributed by atoms with Gasteiger partial charge >= 0.3 is 0 Å². The van der Waals surface area contributed by atoms with Crippen molar-refractivity contribution < 1.29 is 14.2 Å². The van der Waals surface area contributed by atoms with Gasteiger partial charge in [-0.25, -0.2) is 4.39 Å². The number of hydrogen-bond donors (Lipinski definition) is 1. The first kappa shape index (κ1) is 20.3. The molecule has 0 radical (unpaired) electrons. The molecule has 1 saturated carbocycles. The minimum Gasteiger partial charge on any atom is -0.385 e. The van der Waals surface area contributed by atoms with E-state index in [9.17, 15) is 9.50 Å². The summed E-state index contributed by atoms with van der Waals surface area (Å²) >= 11 is 6.16. The standard InChI is InChI=1S/C22H27ClFNO2/c1-25(2)14-18-13-21(27-15-16-6-8-20(24)9-7-16)10-11-22(18,26)17-4-3-5-19(23)12-17/h3-9,12,18,21,26H,10-11,13-15H2,1-2H3. The molecule has 1 N–H and O–H groups in total. The molecule has 0 amide bonds. The van der Waals surface area contributed by atoms with Crippen molar-refractivity contribution in [1.29, 1.82) is 0 Å². The lowest BCUT2D eigenvalue weighted by Crippen LogP contribution is -2.46. The molecule has 146 valence electrons. The number of rotatable bonds is 6. The molecule has 27 heavy (non-hydrogen) atoms. The normalized spacial score (nSPS) is 25.7. The van der Waals surface area contributed by atoms with E-state index in [1.165, 1.54) is 12.1 Å². The SMILES string of the molecule is CN(C)CC1CC(OCc2ccc(F)cc2)CCC1(O)c1cccc(Cl)c1. The van der Waals surface area contributed by atoms with Gasteiger partial charge in [0.05, 0.1) is 18.3 Å². The van der Waals surface area contributed by atoms with Gasteiger partial charge in [-0.2, -0.15) is 0 Å². The number of benzene rings is 2. The van der Waals surface area contributed by atoms with E-state index < -0.39 is 5.60 Å². The van der Waals surface area contributed by atoms with Crippen LogP contribution in [0.25, 0.3) is 0 Å². The first-order valence-electron chi connectivity index (χ1n) is 9.36. The fourth-order valence-electron chi connectivity index (χ4n) is 3.97. The van der Waals surface area contributed by atoms with Crippen molar-refractivity contribution in [3.8, 4) is 0 Å². The lowest BCUT2D eigenvalue weighted by Gasteiger charge is -2.44. The second kappa shape index (κ2) is 8.70. The molecule has 1 aliphatic rings. The van der Waals surface area contributed by atoms with Crippen LogP contribution in [0.4, 0.5) is 4.39 Å². The van der Waals surface area contributed by atoms with Crippen LogP contribution < -0.4 is 0 Å². The number of hydrogen-bond acceptors (Lipinski definition) is 3. The molecule has 0 bridgehead atoms. The van der Waals surface area contributed by atoms with Crippen LogP contribution in [0.2, 0.25) is 5.02 Å². The van der Waals surface area contributed by atoms with E-state index in [1.807, 2.05) is 38.4 Å². The molecule has 3 nitrogen and oxygen atoms in total. The van der Waals surface area contributed by atoms with Crippen LogP contribution in [-0.2, 0) is 16.9 Å². The van der Waals surface area contributed by atoms with E-state index in [4.69, 9.17) is 16.3 Å². The van der Waals surface area contributed by atoms with Gasteiger partial charge in [-0.05, 0) is 68.8 Å². The topological polar surface area (TPSA) is 32.7 Å². The molecule has 1 fully saturated rings. The van der Waals surface area contributed by atoms with E-state index >= 15 is 0 Å². The van der Waals surface area contributed by atoms with Gasteiger partial charge in [0.15, 0.2) is 0 Å². The first-order valence-corrected chi connectivity index (χ1v) is 9.74. The second-order valence-electron chi connectivity index (χ2n) is 7.73. The highest BCUT2D eigenvalue weighted by atomic mass is 35.5. The molecule has 0 aromatic heterocycles. The molecule has 3 atom stereocenters. The molecule has 0 aliphatic heterocycles. The summed E-state index contributed by atoms with van der Waals surface area (Å²) in [6.07, 6.45) is 2.23. The highest BCUT2D eigenvalue weighted by molar-refractivity contribution is 6.30. The largest absolute Gasteiger partial charge is 0.385 e. The van der Waals surface area contributed by atoms with Gasteiger partial charge in [0.2, 0.25) is 0 Å². The Morgan fingerprint density at radius 3 is 2.63 bits per heavy atom. The highest BCUT2D eigenvalue weighted by Crippen LogP contribution is 2.43. The summed E-state index contributed by atoms with van der Waals surface area (Å²) < 4.78 is 19.1. The van der Waals surface area contributed by atoms with Crippen molar-refractivity contribution in [1.82, 2.24) is 4.90 Å². The summed E-state index contributed by atoms with van der Waals surface area (Å²) in [6.45, 7) is 1.22. The van der Waals surface area contributed by atoms with Crippen LogP contribution in [0.3, 0.4) is 0 Å². The van der Waals surface area contributed by atoms with Crippen molar-refractivity contribution in [2.24, 2.45) is 5.92 Å². The van der Waals surface area contributed by atoms with Crippen LogP contribution >= 0.6 is 11.6 Å². The van der Waals surface area contributed by atoms with Gasteiger partial charge in [-0.3, -0.25) is 0 Å². The first-order chi connectivity index (χ1) is 12.9. The Morgan fingerprint density at radius 2 is 1.96 bits per heavy atom. The van der Waals surface area contributed by atoms with Gasteiger partial charge in [0.25, 0.3) is 0 Å². The van der Waals surface area contributed by atoms with E-state index in [-0.39, 0.29) is 17.8 Å². The highest BCUT2D eigenvalue weighted by Gasteiger charge is 2.43.